The van der Waals surface area contributed by atoms with Crippen LogP contribution < -0.4 is 20.3 Å². The van der Waals surface area contributed by atoms with Crippen LogP contribution in [0.4, 0.5) is 33.9 Å². The molecular formula is C30H28F4N8O4. The second-order valence-electron chi connectivity index (χ2n) is 11.0. The summed E-state index contributed by atoms with van der Waals surface area (Å²) in [5.41, 5.74) is 0.202. The molecule has 0 atom stereocenters. The van der Waals surface area contributed by atoms with Crippen molar-refractivity contribution in [2.24, 2.45) is 0 Å². The number of carbonyl (C=O) groups is 3. The van der Waals surface area contributed by atoms with Gasteiger partial charge in [0.25, 0.3) is 5.91 Å². The molecule has 1 aromatic carbocycles. The van der Waals surface area contributed by atoms with Crippen molar-refractivity contribution in [3.63, 3.8) is 0 Å². The van der Waals surface area contributed by atoms with E-state index in [1.54, 1.807) is 12.1 Å². The summed E-state index contributed by atoms with van der Waals surface area (Å²) in [6.45, 7) is 1.80. The van der Waals surface area contributed by atoms with Crippen molar-refractivity contribution in [1.82, 2.24) is 30.0 Å². The SMILES string of the molecule is COc1cc2nn(C3CCN(Cc4cc(N5CCC(=O)NC5=O)ncc4F)CC3)cc2cc1NC(=O)c1ccc(C(F)(F)F)nc1. The predicted octanol–water partition coefficient (Wildman–Crippen LogP) is 4.53. The molecule has 2 N–H and O–H groups in total. The number of imide groups is 1. The lowest BCUT2D eigenvalue weighted by atomic mass is 10.0. The van der Waals surface area contributed by atoms with E-state index in [1.807, 2.05) is 10.9 Å². The molecule has 4 aromatic rings. The van der Waals surface area contributed by atoms with Crippen LogP contribution in [0.1, 0.15) is 46.9 Å². The fraction of sp³-hybridized carbons (Fsp3) is 0.333. The van der Waals surface area contributed by atoms with Gasteiger partial charge in [-0.3, -0.25) is 34.4 Å². The number of aromatic nitrogens is 4. The zero-order valence-corrected chi connectivity index (χ0v) is 24.5. The second-order valence-corrected chi connectivity index (χ2v) is 11.0. The minimum absolute atomic E-state index is 0.0473. The van der Waals surface area contributed by atoms with Crippen molar-refractivity contribution in [3.8, 4) is 5.75 Å². The number of hydrogen-bond donors (Lipinski definition) is 2. The molecule has 0 unspecified atom stereocenters. The standard InChI is InChI=1S/C30H28F4N8O4/c1-46-24-12-22-19(10-23(24)37-28(44)17-2-3-25(35-13-17)30(32,33)34)16-42(39-22)20-4-7-40(8-5-20)15-18-11-26(36-14-21(18)31)41-9-6-27(43)38-29(41)45/h2-3,10-14,16,20H,4-9,15H2,1H3,(H,37,44)(H,38,43,45). The maximum Gasteiger partial charge on any atom is 0.433 e. The molecule has 0 aliphatic carbocycles. The van der Waals surface area contributed by atoms with Gasteiger partial charge >= 0.3 is 12.2 Å². The van der Waals surface area contributed by atoms with E-state index in [1.165, 1.54) is 18.1 Å². The Morgan fingerprint density at radius 1 is 1.09 bits per heavy atom. The average Bonchev–Trinajstić information content (AvgIpc) is 3.45. The number of amides is 4. The highest BCUT2D eigenvalue weighted by atomic mass is 19.4. The quantitative estimate of drug-likeness (QED) is 0.282. The van der Waals surface area contributed by atoms with Gasteiger partial charge in [0, 0.05) is 62.0 Å². The summed E-state index contributed by atoms with van der Waals surface area (Å²) < 4.78 is 60.5. The first-order valence-electron chi connectivity index (χ1n) is 14.4. The van der Waals surface area contributed by atoms with Crippen LogP contribution in [0.2, 0.25) is 0 Å². The Labute approximate surface area is 259 Å². The van der Waals surface area contributed by atoms with Gasteiger partial charge in [-0.1, -0.05) is 0 Å². The molecule has 240 valence electrons. The van der Waals surface area contributed by atoms with Gasteiger partial charge in [-0.25, -0.2) is 14.2 Å². The number of hydrogen-bond acceptors (Lipinski definition) is 8. The lowest BCUT2D eigenvalue weighted by Gasteiger charge is -2.32. The van der Waals surface area contributed by atoms with Crippen molar-refractivity contribution in [3.05, 3.63) is 71.6 Å². The molecule has 12 nitrogen and oxygen atoms in total. The lowest BCUT2D eigenvalue weighted by molar-refractivity contribution is -0.141. The third kappa shape index (κ3) is 6.47. The van der Waals surface area contributed by atoms with E-state index in [0.29, 0.717) is 42.2 Å². The molecule has 16 heteroatoms. The highest BCUT2D eigenvalue weighted by Gasteiger charge is 2.32. The van der Waals surface area contributed by atoms with Crippen LogP contribution in [0.15, 0.2) is 48.9 Å². The highest BCUT2D eigenvalue weighted by Crippen LogP contribution is 2.33. The van der Waals surface area contributed by atoms with Crippen LogP contribution in [0, 0.1) is 5.82 Å². The topological polar surface area (TPSA) is 135 Å². The van der Waals surface area contributed by atoms with Crippen molar-refractivity contribution in [2.45, 2.75) is 38.0 Å². The molecule has 0 radical (unpaired) electrons. The van der Waals surface area contributed by atoms with Gasteiger partial charge in [0.1, 0.15) is 23.1 Å². The predicted molar refractivity (Wildman–Crippen MR) is 157 cm³/mol. The summed E-state index contributed by atoms with van der Waals surface area (Å²) in [5.74, 6) is -0.887. The number of nitrogens with one attached hydrogen (secondary N) is 2. The van der Waals surface area contributed by atoms with Crippen molar-refractivity contribution in [1.29, 1.82) is 0 Å². The van der Waals surface area contributed by atoms with Crippen molar-refractivity contribution >= 4 is 40.3 Å². The molecule has 4 amide bonds. The van der Waals surface area contributed by atoms with Crippen LogP contribution in [0.25, 0.3) is 10.9 Å². The molecule has 5 heterocycles. The highest BCUT2D eigenvalue weighted by molar-refractivity contribution is 6.06. The summed E-state index contributed by atoms with van der Waals surface area (Å²) >= 11 is 0. The third-order valence-corrected chi connectivity index (χ3v) is 7.98. The number of fused-ring (bicyclic) bond motifs is 1. The molecule has 2 aliphatic heterocycles. The fourth-order valence-corrected chi connectivity index (χ4v) is 5.52. The molecular weight excluding hydrogens is 612 g/mol. The summed E-state index contributed by atoms with van der Waals surface area (Å²) in [6, 6.07) is 6.16. The molecule has 0 spiro atoms. The Morgan fingerprint density at radius 2 is 1.87 bits per heavy atom. The Bertz CT molecular complexity index is 1800. The molecule has 2 aliphatic rings. The fourth-order valence-electron chi connectivity index (χ4n) is 5.52. The number of pyridine rings is 2. The molecule has 46 heavy (non-hydrogen) atoms. The smallest absolute Gasteiger partial charge is 0.433 e. The van der Waals surface area contributed by atoms with Gasteiger partial charge < -0.3 is 10.1 Å². The van der Waals surface area contributed by atoms with Gasteiger partial charge in [0.2, 0.25) is 5.91 Å². The van der Waals surface area contributed by atoms with Gasteiger partial charge in [0.15, 0.2) is 0 Å². The molecule has 0 saturated carbocycles. The van der Waals surface area contributed by atoms with Gasteiger partial charge in [-0.15, -0.1) is 0 Å². The second kappa shape index (κ2) is 12.3. The number of benzene rings is 1. The Kier molecular flexibility index (Phi) is 8.29. The van der Waals surface area contributed by atoms with Gasteiger partial charge in [0.05, 0.1) is 36.1 Å². The number of halogens is 4. The molecule has 2 saturated heterocycles. The number of carbonyl (C=O) groups excluding carboxylic acids is 3. The van der Waals surface area contributed by atoms with Crippen LogP contribution >= 0.6 is 0 Å². The number of alkyl halides is 3. The number of urea groups is 1. The molecule has 6 rings (SSSR count). The van der Waals surface area contributed by atoms with Gasteiger partial charge in [-0.05, 0) is 37.1 Å². The Morgan fingerprint density at radius 3 is 2.54 bits per heavy atom. The zero-order valence-electron chi connectivity index (χ0n) is 24.5. The normalized spacial score (nSPS) is 16.5. The van der Waals surface area contributed by atoms with Gasteiger partial charge in [-0.2, -0.15) is 18.3 Å². The van der Waals surface area contributed by atoms with E-state index in [9.17, 15) is 31.9 Å². The number of likely N-dealkylation sites (tertiary alicyclic amines) is 1. The number of piperidine rings is 1. The van der Waals surface area contributed by atoms with E-state index in [-0.39, 0.29) is 36.3 Å². The minimum atomic E-state index is -4.61. The number of nitrogens with zero attached hydrogens (tertiary/aromatic N) is 6. The first-order chi connectivity index (χ1) is 22.0. The minimum Gasteiger partial charge on any atom is -0.494 e. The zero-order chi connectivity index (χ0) is 32.6. The third-order valence-electron chi connectivity index (χ3n) is 7.98. The number of rotatable bonds is 7. The molecule has 2 fully saturated rings. The summed E-state index contributed by atoms with van der Waals surface area (Å²) in [6.07, 6.45) is 0.789. The summed E-state index contributed by atoms with van der Waals surface area (Å²) in [5, 5.41) is 10.3. The van der Waals surface area contributed by atoms with Crippen molar-refractivity contribution < 1.29 is 36.7 Å². The van der Waals surface area contributed by atoms with E-state index in [0.717, 1.165) is 42.8 Å². The van der Waals surface area contributed by atoms with E-state index >= 15 is 0 Å². The Balaban J connectivity index is 1.11. The maximum absolute atomic E-state index is 14.7. The molecule has 3 aromatic heterocycles. The maximum atomic E-state index is 14.7. The van der Waals surface area contributed by atoms with E-state index in [4.69, 9.17) is 9.84 Å². The van der Waals surface area contributed by atoms with Crippen LogP contribution in [-0.4, -0.2) is 69.2 Å². The largest absolute Gasteiger partial charge is 0.494 e. The monoisotopic (exact) mass is 640 g/mol. The number of anilines is 2. The number of methoxy groups -OCH3 is 1. The first kappa shape index (κ1) is 30.9. The van der Waals surface area contributed by atoms with E-state index < -0.39 is 29.6 Å². The summed E-state index contributed by atoms with van der Waals surface area (Å²) in [4.78, 5) is 47.3. The first-order valence-corrected chi connectivity index (χ1v) is 14.4. The number of ether oxygens (including phenoxy) is 1. The molecule has 0 bridgehead atoms. The van der Waals surface area contributed by atoms with Crippen LogP contribution in [0.3, 0.4) is 0 Å². The average molecular weight is 641 g/mol. The lowest BCUT2D eigenvalue weighted by Crippen LogP contribution is -2.50. The van der Waals surface area contributed by atoms with Crippen LogP contribution in [0.5, 0.6) is 5.75 Å². The van der Waals surface area contributed by atoms with Crippen molar-refractivity contribution in [2.75, 3.05) is 37.0 Å². The summed E-state index contributed by atoms with van der Waals surface area (Å²) in [7, 11) is 1.43. The van der Waals surface area contributed by atoms with Crippen LogP contribution in [-0.2, 0) is 17.5 Å². The Hall–Kier alpha value is -5.12. The van der Waals surface area contributed by atoms with E-state index in [2.05, 4.69) is 25.5 Å².